The Kier molecular flexibility index (Phi) is 3.68. The molecule has 2 fully saturated rings. The van der Waals surface area contributed by atoms with Gasteiger partial charge in [0, 0.05) is 6.54 Å². The predicted octanol–water partition coefficient (Wildman–Crippen LogP) is 2.01. The summed E-state index contributed by atoms with van der Waals surface area (Å²) in [5.74, 6) is 1.72. The molecule has 1 aliphatic heterocycles. The minimum absolute atomic E-state index is 0.712. The van der Waals surface area contributed by atoms with E-state index in [1.165, 1.54) is 51.9 Å². The zero-order chi connectivity index (χ0) is 10.7. The van der Waals surface area contributed by atoms with Crippen LogP contribution in [0.2, 0.25) is 0 Å². The van der Waals surface area contributed by atoms with Crippen molar-refractivity contribution in [3.05, 3.63) is 0 Å². The highest BCUT2D eigenvalue weighted by Gasteiger charge is 2.40. The van der Waals surface area contributed by atoms with E-state index >= 15 is 0 Å². The van der Waals surface area contributed by atoms with Crippen LogP contribution in [0.1, 0.15) is 39.5 Å². The maximum absolute atomic E-state index is 3.71. The van der Waals surface area contributed by atoms with Crippen molar-refractivity contribution in [2.75, 3.05) is 26.2 Å². The first-order valence-corrected chi connectivity index (χ1v) is 6.67. The summed E-state index contributed by atoms with van der Waals surface area (Å²) in [6.45, 7) is 9.60. The van der Waals surface area contributed by atoms with Crippen molar-refractivity contribution in [2.24, 2.45) is 17.3 Å². The van der Waals surface area contributed by atoms with Crippen LogP contribution in [0.25, 0.3) is 0 Å². The zero-order valence-corrected chi connectivity index (χ0v) is 10.3. The summed E-state index contributed by atoms with van der Waals surface area (Å²) in [5, 5.41) is 7.18. The van der Waals surface area contributed by atoms with Crippen molar-refractivity contribution in [2.45, 2.75) is 39.5 Å². The van der Waals surface area contributed by atoms with E-state index in [1.807, 2.05) is 0 Å². The third-order valence-electron chi connectivity index (χ3n) is 4.32. The highest BCUT2D eigenvalue weighted by Crippen LogP contribution is 2.48. The van der Waals surface area contributed by atoms with Crippen molar-refractivity contribution in [3.8, 4) is 0 Å². The molecule has 2 aliphatic rings. The second-order valence-electron chi connectivity index (χ2n) is 5.78. The fourth-order valence-electron chi connectivity index (χ4n) is 2.88. The van der Waals surface area contributed by atoms with Crippen molar-refractivity contribution >= 4 is 0 Å². The number of rotatable bonds is 6. The summed E-state index contributed by atoms with van der Waals surface area (Å²) >= 11 is 0. The van der Waals surface area contributed by atoms with E-state index in [2.05, 4.69) is 24.5 Å². The second-order valence-corrected chi connectivity index (χ2v) is 5.78. The van der Waals surface area contributed by atoms with E-state index in [1.54, 1.807) is 0 Å². The van der Waals surface area contributed by atoms with Gasteiger partial charge in [0.25, 0.3) is 0 Å². The largest absolute Gasteiger partial charge is 0.316 e. The summed E-state index contributed by atoms with van der Waals surface area (Å²) in [6, 6.07) is 0. The molecule has 2 rings (SSSR count). The summed E-state index contributed by atoms with van der Waals surface area (Å²) < 4.78 is 0. The lowest BCUT2D eigenvalue weighted by atomic mass is 9.97. The molecule has 1 saturated heterocycles. The van der Waals surface area contributed by atoms with Gasteiger partial charge >= 0.3 is 0 Å². The monoisotopic (exact) mass is 210 g/mol. The van der Waals surface area contributed by atoms with Gasteiger partial charge in [-0.3, -0.25) is 0 Å². The Labute approximate surface area is 94.2 Å². The quantitative estimate of drug-likeness (QED) is 0.701. The fraction of sp³-hybridized carbons (Fsp3) is 1.00. The van der Waals surface area contributed by atoms with Gasteiger partial charge in [-0.05, 0) is 56.1 Å². The molecule has 1 saturated carbocycles. The lowest BCUT2D eigenvalue weighted by molar-refractivity contribution is 0.369. The normalized spacial score (nSPS) is 33.2. The molecule has 2 nitrogen and oxygen atoms in total. The van der Waals surface area contributed by atoms with Gasteiger partial charge in [-0.25, -0.2) is 0 Å². The first kappa shape index (κ1) is 11.4. The van der Waals surface area contributed by atoms with E-state index < -0.39 is 0 Å². The number of nitrogens with one attached hydrogen (secondary N) is 2. The van der Waals surface area contributed by atoms with Gasteiger partial charge in [0.15, 0.2) is 0 Å². The Bertz CT molecular complexity index is 199. The topological polar surface area (TPSA) is 24.1 Å². The molecule has 15 heavy (non-hydrogen) atoms. The van der Waals surface area contributed by atoms with E-state index in [4.69, 9.17) is 0 Å². The van der Waals surface area contributed by atoms with Crippen LogP contribution in [-0.2, 0) is 0 Å². The molecule has 0 spiro atoms. The maximum Gasteiger partial charge on any atom is 0.000794 e. The Hall–Kier alpha value is -0.0800. The van der Waals surface area contributed by atoms with Crippen molar-refractivity contribution < 1.29 is 0 Å². The third kappa shape index (κ3) is 2.94. The van der Waals surface area contributed by atoms with Crippen molar-refractivity contribution in [3.63, 3.8) is 0 Å². The SMILES string of the molecule is CCCC1(CNCC2CNCC2C)CC1. The minimum Gasteiger partial charge on any atom is -0.316 e. The minimum atomic E-state index is 0.712. The van der Waals surface area contributed by atoms with Gasteiger partial charge in [0.1, 0.15) is 0 Å². The summed E-state index contributed by atoms with van der Waals surface area (Å²) in [5.41, 5.74) is 0.712. The van der Waals surface area contributed by atoms with Crippen LogP contribution < -0.4 is 10.6 Å². The molecule has 2 atom stereocenters. The molecular weight excluding hydrogens is 184 g/mol. The van der Waals surface area contributed by atoms with E-state index in [0.29, 0.717) is 5.41 Å². The number of hydrogen-bond acceptors (Lipinski definition) is 2. The van der Waals surface area contributed by atoms with Crippen LogP contribution in [0.3, 0.4) is 0 Å². The van der Waals surface area contributed by atoms with Crippen LogP contribution in [0.5, 0.6) is 0 Å². The molecule has 1 aliphatic carbocycles. The van der Waals surface area contributed by atoms with Gasteiger partial charge < -0.3 is 10.6 Å². The molecule has 0 bridgehead atoms. The molecule has 88 valence electrons. The van der Waals surface area contributed by atoms with Crippen LogP contribution in [-0.4, -0.2) is 26.2 Å². The van der Waals surface area contributed by atoms with Gasteiger partial charge in [-0.2, -0.15) is 0 Å². The van der Waals surface area contributed by atoms with E-state index in [-0.39, 0.29) is 0 Å². The van der Waals surface area contributed by atoms with E-state index in [0.717, 1.165) is 11.8 Å². The van der Waals surface area contributed by atoms with Crippen LogP contribution in [0.4, 0.5) is 0 Å². The highest BCUT2D eigenvalue weighted by atomic mass is 15.0. The van der Waals surface area contributed by atoms with Crippen LogP contribution in [0, 0.1) is 17.3 Å². The first-order chi connectivity index (χ1) is 7.26. The summed E-state index contributed by atoms with van der Waals surface area (Å²) in [4.78, 5) is 0. The average Bonchev–Trinajstić information content (AvgIpc) is 2.85. The van der Waals surface area contributed by atoms with Gasteiger partial charge in [-0.15, -0.1) is 0 Å². The fourth-order valence-corrected chi connectivity index (χ4v) is 2.88. The standard InChI is InChI=1S/C13H26N2/c1-3-4-13(5-6-13)10-15-9-12-8-14-7-11(12)2/h11-12,14-15H,3-10H2,1-2H3. The van der Waals surface area contributed by atoms with E-state index in [9.17, 15) is 0 Å². The molecule has 0 aromatic carbocycles. The van der Waals surface area contributed by atoms with Gasteiger partial charge in [-0.1, -0.05) is 20.3 Å². The van der Waals surface area contributed by atoms with Crippen LogP contribution >= 0.6 is 0 Å². The lowest BCUT2D eigenvalue weighted by Crippen LogP contribution is -2.31. The Balaban J connectivity index is 1.62. The van der Waals surface area contributed by atoms with Crippen molar-refractivity contribution in [1.29, 1.82) is 0 Å². The lowest BCUT2D eigenvalue weighted by Gasteiger charge is -2.19. The Morgan fingerprint density at radius 3 is 2.67 bits per heavy atom. The van der Waals surface area contributed by atoms with Crippen LogP contribution in [0.15, 0.2) is 0 Å². The molecule has 0 aromatic rings. The highest BCUT2D eigenvalue weighted by molar-refractivity contribution is 4.94. The van der Waals surface area contributed by atoms with Crippen molar-refractivity contribution in [1.82, 2.24) is 10.6 Å². The smallest absolute Gasteiger partial charge is 0.000794 e. The van der Waals surface area contributed by atoms with Gasteiger partial charge in [0.2, 0.25) is 0 Å². The average molecular weight is 210 g/mol. The third-order valence-corrected chi connectivity index (χ3v) is 4.32. The predicted molar refractivity (Wildman–Crippen MR) is 65.0 cm³/mol. The molecule has 0 aromatic heterocycles. The molecule has 1 heterocycles. The molecule has 2 heteroatoms. The maximum atomic E-state index is 3.71. The molecule has 2 N–H and O–H groups in total. The van der Waals surface area contributed by atoms with Gasteiger partial charge in [0.05, 0.1) is 0 Å². The molecule has 2 unspecified atom stereocenters. The summed E-state index contributed by atoms with van der Waals surface area (Å²) in [6.07, 6.45) is 5.71. The summed E-state index contributed by atoms with van der Waals surface area (Å²) in [7, 11) is 0. The Morgan fingerprint density at radius 2 is 2.13 bits per heavy atom. The molecule has 0 radical (unpaired) electrons. The Morgan fingerprint density at radius 1 is 1.33 bits per heavy atom. The second kappa shape index (κ2) is 4.84. The molecular formula is C13H26N2. The molecule has 0 amide bonds. The zero-order valence-electron chi connectivity index (χ0n) is 10.3. The number of hydrogen-bond donors (Lipinski definition) is 2. The first-order valence-electron chi connectivity index (χ1n) is 6.67.